The highest BCUT2D eigenvalue weighted by atomic mass is 19.2. The summed E-state index contributed by atoms with van der Waals surface area (Å²) in [5.74, 6) is -2.93. The molecule has 2 aromatic carbocycles. The number of nitrogens with zero attached hydrogens (tertiary/aromatic N) is 2. The van der Waals surface area contributed by atoms with Crippen LogP contribution in [0.25, 0.3) is 22.0 Å². The van der Waals surface area contributed by atoms with Crippen molar-refractivity contribution in [3.05, 3.63) is 93.8 Å². The van der Waals surface area contributed by atoms with Gasteiger partial charge >= 0.3 is 5.97 Å². The quantitative estimate of drug-likeness (QED) is 0.432. The minimum absolute atomic E-state index is 0.0279. The standard InChI is InChI=1S/C24H19F3N2O3/c1-14-23(18-10-17(25)7-8-20(18)29(14)13-22(31)32-2)15-6-9-21(30)28(11-15)12-16-4-3-5-19(26)24(16)27/h3-11H,12-13H2,1-2H3. The normalized spacial score (nSPS) is 11.2. The number of halogens is 3. The van der Waals surface area contributed by atoms with Crippen LogP contribution in [0.1, 0.15) is 11.3 Å². The minimum Gasteiger partial charge on any atom is -0.468 e. The van der Waals surface area contributed by atoms with E-state index in [9.17, 15) is 22.8 Å². The lowest BCUT2D eigenvalue weighted by Crippen LogP contribution is -2.20. The molecule has 0 N–H and O–H groups in total. The first-order valence-corrected chi connectivity index (χ1v) is 9.79. The Hall–Kier alpha value is -3.81. The second-order valence-electron chi connectivity index (χ2n) is 7.38. The van der Waals surface area contributed by atoms with Crippen molar-refractivity contribution in [1.29, 1.82) is 0 Å². The molecule has 0 radical (unpaired) electrons. The first kappa shape index (κ1) is 21.4. The summed E-state index contributed by atoms with van der Waals surface area (Å²) < 4.78 is 49.5. The van der Waals surface area contributed by atoms with Crippen molar-refractivity contribution in [1.82, 2.24) is 9.13 Å². The number of hydrogen-bond acceptors (Lipinski definition) is 3. The summed E-state index contributed by atoms with van der Waals surface area (Å²) in [6.45, 7) is 1.53. The molecule has 0 unspecified atom stereocenters. The zero-order valence-electron chi connectivity index (χ0n) is 17.4. The molecule has 0 aliphatic rings. The third-order valence-corrected chi connectivity index (χ3v) is 5.44. The Kier molecular flexibility index (Phi) is 5.61. The Bertz CT molecular complexity index is 1410. The number of ether oxygens (including phenoxy) is 1. The van der Waals surface area contributed by atoms with E-state index < -0.39 is 29.0 Å². The van der Waals surface area contributed by atoms with E-state index >= 15 is 0 Å². The second kappa shape index (κ2) is 8.37. The van der Waals surface area contributed by atoms with Crippen LogP contribution < -0.4 is 5.56 Å². The summed E-state index contributed by atoms with van der Waals surface area (Å²) in [4.78, 5) is 24.3. The van der Waals surface area contributed by atoms with Gasteiger partial charge in [-0.2, -0.15) is 0 Å². The van der Waals surface area contributed by atoms with Crippen LogP contribution in [-0.2, 0) is 22.6 Å². The lowest BCUT2D eigenvalue weighted by molar-refractivity contribution is -0.141. The molecule has 0 atom stereocenters. The number of hydrogen-bond donors (Lipinski definition) is 0. The Morgan fingerprint density at radius 3 is 2.59 bits per heavy atom. The van der Waals surface area contributed by atoms with Crippen molar-refractivity contribution in [2.45, 2.75) is 20.0 Å². The van der Waals surface area contributed by atoms with Crippen LogP contribution in [-0.4, -0.2) is 22.2 Å². The average molecular weight is 440 g/mol. The molecule has 0 amide bonds. The van der Waals surface area contributed by atoms with Crippen molar-refractivity contribution in [3.8, 4) is 11.1 Å². The first-order valence-electron chi connectivity index (χ1n) is 9.79. The lowest BCUT2D eigenvalue weighted by Gasteiger charge is -2.11. The molecule has 32 heavy (non-hydrogen) atoms. The smallest absolute Gasteiger partial charge is 0.325 e. The molecule has 4 aromatic rings. The van der Waals surface area contributed by atoms with Gasteiger partial charge in [-0.05, 0) is 37.3 Å². The Morgan fingerprint density at radius 1 is 1.06 bits per heavy atom. The Labute approximate surface area is 181 Å². The van der Waals surface area contributed by atoms with Crippen LogP contribution >= 0.6 is 0 Å². The van der Waals surface area contributed by atoms with Gasteiger partial charge in [0.15, 0.2) is 11.6 Å². The Balaban J connectivity index is 1.88. The van der Waals surface area contributed by atoms with Gasteiger partial charge in [-0.15, -0.1) is 0 Å². The maximum Gasteiger partial charge on any atom is 0.325 e. The van der Waals surface area contributed by atoms with E-state index in [0.717, 1.165) is 6.07 Å². The van der Waals surface area contributed by atoms with Gasteiger partial charge in [0.2, 0.25) is 0 Å². The highest BCUT2D eigenvalue weighted by molar-refractivity contribution is 5.98. The van der Waals surface area contributed by atoms with E-state index in [-0.39, 0.29) is 18.7 Å². The van der Waals surface area contributed by atoms with Crippen molar-refractivity contribution in [3.63, 3.8) is 0 Å². The highest BCUT2D eigenvalue weighted by Gasteiger charge is 2.19. The summed E-state index contributed by atoms with van der Waals surface area (Å²) in [6, 6.07) is 10.9. The molecule has 8 heteroatoms. The molecule has 0 saturated heterocycles. The molecule has 0 aliphatic carbocycles. The van der Waals surface area contributed by atoms with Gasteiger partial charge in [-0.3, -0.25) is 9.59 Å². The number of carbonyl (C=O) groups excluding carboxylic acids is 1. The molecular formula is C24H19F3N2O3. The molecule has 5 nitrogen and oxygen atoms in total. The maximum absolute atomic E-state index is 14.1. The van der Waals surface area contributed by atoms with Crippen LogP contribution in [0.4, 0.5) is 13.2 Å². The zero-order chi connectivity index (χ0) is 23.0. The van der Waals surface area contributed by atoms with Gasteiger partial charge < -0.3 is 13.9 Å². The monoisotopic (exact) mass is 440 g/mol. The fourth-order valence-corrected chi connectivity index (χ4v) is 3.87. The topological polar surface area (TPSA) is 53.2 Å². The largest absolute Gasteiger partial charge is 0.468 e. The van der Waals surface area contributed by atoms with Crippen molar-refractivity contribution < 1.29 is 22.7 Å². The molecule has 0 bridgehead atoms. The second-order valence-corrected chi connectivity index (χ2v) is 7.38. The van der Waals surface area contributed by atoms with E-state index in [1.807, 2.05) is 0 Å². The van der Waals surface area contributed by atoms with E-state index in [1.54, 1.807) is 23.6 Å². The summed E-state index contributed by atoms with van der Waals surface area (Å²) in [7, 11) is 1.28. The molecule has 0 saturated carbocycles. The van der Waals surface area contributed by atoms with Crippen LogP contribution in [0.15, 0.2) is 59.5 Å². The van der Waals surface area contributed by atoms with E-state index in [4.69, 9.17) is 4.74 Å². The summed E-state index contributed by atoms with van der Waals surface area (Å²) >= 11 is 0. The van der Waals surface area contributed by atoms with E-state index in [1.165, 1.54) is 48.2 Å². The number of methoxy groups -OCH3 is 1. The van der Waals surface area contributed by atoms with E-state index in [0.29, 0.717) is 27.7 Å². The SMILES string of the molecule is COC(=O)Cn1c(C)c(-c2ccc(=O)n(Cc3cccc(F)c3F)c2)c2cc(F)ccc21. The highest BCUT2D eigenvalue weighted by Crippen LogP contribution is 2.35. The zero-order valence-corrected chi connectivity index (χ0v) is 17.4. The molecule has 164 valence electrons. The molecular weight excluding hydrogens is 421 g/mol. The van der Waals surface area contributed by atoms with Gasteiger partial charge in [0, 0.05) is 45.6 Å². The lowest BCUT2D eigenvalue weighted by atomic mass is 10.0. The third-order valence-electron chi connectivity index (χ3n) is 5.44. The van der Waals surface area contributed by atoms with Gasteiger partial charge in [0.05, 0.1) is 13.7 Å². The van der Waals surface area contributed by atoms with Gasteiger partial charge in [0.25, 0.3) is 5.56 Å². The van der Waals surface area contributed by atoms with Gasteiger partial charge in [-0.1, -0.05) is 12.1 Å². The number of rotatable bonds is 5. The predicted octanol–water partition coefficient (Wildman–Crippen LogP) is 4.42. The Morgan fingerprint density at radius 2 is 1.84 bits per heavy atom. The molecule has 0 spiro atoms. The van der Waals surface area contributed by atoms with E-state index in [2.05, 4.69) is 0 Å². The van der Waals surface area contributed by atoms with Crippen molar-refractivity contribution >= 4 is 16.9 Å². The van der Waals surface area contributed by atoms with Crippen molar-refractivity contribution in [2.24, 2.45) is 0 Å². The molecule has 2 heterocycles. The maximum atomic E-state index is 14.1. The number of fused-ring (bicyclic) bond motifs is 1. The predicted molar refractivity (Wildman–Crippen MR) is 114 cm³/mol. The van der Waals surface area contributed by atoms with Crippen LogP contribution in [0, 0.1) is 24.4 Å². The fraction of sp³-hybridized carbons (Fsp3) is 0.167. The molecule has 2 aromatic heterocycles. The first-order chi connectivity index (χ1) is 15.3. The van der Waals surface area contributed by atoms with Crippen molar-refractivity contribution in [2.75, 3.05) is 7.11 Å². The summed E-state index contributed by atoms with van der Waals surface area (Å²) in [5.41, 5.74) is 2.10. The fourth-order valence-electron chi connectivity index (χ4n) is 3.87. The van der Waals surface area contributed by atoms with Crippen LogP contribution in [0.5, 0.6) is 0 Å². The number of benzene rings is 2. The molecule has 0 fully saturated rings. The number of esters is 1. The summed E-state index contributed by atoms with van der Waals surface area (Å²) in [6.07, 6.45) is 1.52. The molecule has 4 rings (SSSR count). The number of pyridine rings is 1. The van der Waals surface area contributed by atoms with Crippen LogP contribution in [0.2, 0.25) is 0 Å². The average Bonchev–Trinajstić information content (AvgIpc) is 3.03. The number of aromatic nitrogens is 2. The van der Waals surface area contributed by atoms with Gasteiger partial charge in [0.1, 0.15) is 12.4 Å². The van der Waals surface area contributed by atoms with Gasteiger partial charge in [-0.25, -0.2) is 13.2 Å². The third kappa shape index (κ3) is 3.79. The summed E-state index contributed by atoms with van der Waals surface area (Å²) in [5, 5.41) is 0.550. The minimum atomic E-state index is -1.02. The van der Waals surface area contributed by atoms with Crippen LogP contribution in [0.3, 0.4) is 0 Å². The number of carbonyl (C=O) groups is 1. The molecule has 0 aliphatic heterocycles.